The Kier molecular flexibility index (Phi) is 4.90. The fraction of sp³-hybridized carbons (Fsp3) is 0.538. The van der Waals surface area contributed by atoms with E-state index in [0.29, 0.717) is 0 Å². The maximum absolute atomic E-state index is 12.0. The van der Waals surface area contributed by atoms with Crippen LogP contribution in [0.4, 0.5) is 0 Å². The molecule has 0 heterocycles. The van der Waals surface area contributed by atoms with Gasteiger partial charge in [0.2, 0.25) is 10.0 Å². The van der Waals surface area contributed by atoms with E-state index in [4.69, 9.17) is 0 Å². The molecule has 0 aliphatic rings. The summed E-state index contributed by atoms with van der Waals surface area (Å²) >= 11 is 0. The zero-order chi connectivity index (χ0) is 13.9. The first-order chi connectivity index (χ1) is 8.24. The smallest absolute Gasteiger partial charge is 0.240 e. The molecule has 0 aromatic heterocycles. The molecule has 0 bridgehead atoms. The molecule has 0 saturated carbocycles. The van der Waals surface area contributed by atoms with Crippen molar-refractivity contribution < 1.29 is 13.5 Å². The van der Waals surface area contributed by atoms with Gasteiger partial charge in [0.25, 0.3) is 0 Å². The molecule has 1 aromatic rings. The third kappa shape index (κ3) is 3.80. The van der Waals surface area contributed by atoms with Gasteiger partial charge in [-0.1, -0.05) is 19.9 Å². The highest BCUT2D eigenvalue weighted by molar-refractivity contribution is 7.89. The maximum Gasteiger partial charge on any atom is 0.240 e. The quantitative estimate of drug-likeness (QED) is 0.855. The van der Waals surface area contributed by atoms with Crippen LogP contribution in [0.2, 0.25) is 0 Å². The number of aliphatic hydroxyl groups excluding tert-OH is 1. The minimum atomic E-state index is -3.54. The Morgan fingerprint density at radius 2 is 1.83 bits per heavy atom. The summed E-state index contributed by atoms with van der Waals surface area (Å²) in [6, 6.07) is 4.99. The summed E-state index contributed by atoms with van der Waals surface area (Å²) in [6.45, 7) is 7.52. The van der Waals surface area contributed by atoms with Crippen molar-refractivity contribution in [1.29, 1.82) is 0 Å². The highest BCUT2D eigenvalue weighted by Gasteiger charge is 2.17. The first-order valence-electron chi connectivity index (χ1n) is 5.99. The average Bonchev–Trinajstić information content (AvgIpc) is 2.29. The van der Waals surface area contributed by atoms with Gasteiger partial charge in [0, 0.05) is 6.54 Å². The van der Waals surface area contributed by atoms with Gasteiger partial charge in [-0.3, -0.25) is 0 Å². The first kappa shape index (κ1) is 15.1. The summed E-state index contributed by atoms with van der Waals surface area (Å²) < 4.78 is 26.4. The Labute approximate surface area is 109 Å². The Balaban J connectivity index is 2.83. The lowest BCUT2D eigenvalue weighted by Crippen LogP contribution is -2.34. The van der Waals surface area contributed by atoms with Crippen molar-refractivity contribution in [3.63, 3.8) is 0 Å². The molecule has 4 nitrogen and oxygen atoms in total. The van der Waals surface area contributed by atoms with Crippen molar-refractivity contribution in [1.82, 2.24) is 4.72 Å². The van der Waals surface area contributed by atoms with Gasteiger partial charge in [-0.25, -0.2) is 13.1 Å². The van der Waals surface area contributed by atoms with Crippen LogP contribution in [0.15, 0.2) is 23.1 Å². The van der Waals surface area contributed by atoms with Crippen LogP contribution in [0.25, 0.3) is 0 Å². The van der Waals surface area contributed by atoms with Crippen LogP contribution in [-0.2, 0) is 10.0 Å². The van der Waals surface area contributed by atoms with Crippen molar-refractivity contribution in [3.8, 4) is 0 Å². The lowest BCUT2D eigenvalue weighted by atomic mass is 10.1. The van der Waals surface area contributed by atoms with Gasteiger partial charge in [-0.05, 0) is 43.0 Å². The molecular formula is C13H21NO3S. The maximum atomic E-state index is 12.0. The van der Waals surface area contributed by atoms with Gasteiger partial charge in [-0.15, -0.1) is 0 Å². The van der Waals surface area contributed by atoms with E-state index >= 15 is 0 Å². The SMILES string of the molecule is Cc1ccc(S(=O)(=O)NCC(O)C(C)C)cc1C. The molecule has 0 aliphatic heterocycles. The Morgan fingerprint density at radius 1 is 1.22 bits per heavy atom. The number of sulfonamides is 1. The van der Waals surface area contributed by atoms with Crippen LogP contribution in [0.1, 0.15) is 25.0 Å². The van der Waals surface area contributed by atoms with Gasteiger partial charge in [0.15, 0.2) is 0 Å². The van der Waals surface area contributed by atoms with Crippen molar-refractivity contribution in [2.75, 3.05) is 6.54 Å². The Bertz CT molecular complexity index is 509. The number of hydrogen-bond donors (Lipinski definition) is 2. The van der Waals surface area contributed by atoms with Gasteiger partial charge in [0.1, 0.15) is 0 Å². The predicted molar refractivity (Wildman–Crippen MR) is 71.9 cm³/mol. The van der Waals surface area contributed by atoms with E-state index in [1.165, 1.54) is 0 Å². The molecule has 0 fully saturated rings. The van der Waals surface area contributed by atoms with E-state index in [9.17, 15) is 13.5 Å². The predicted octanol–water partition coefficient (Wildman–Crippen LogP) is 1.60. The third-order valence-corrected chi connectivity index (χ3v) is 4.46. The molecule has 1 rings (SSSR count). The van der Waals surface area contributed by atoms with Crippen molar-refractivity contribution in [3.05, 3.63) is 29.3 Å². The zero-order valence-corrected chi connectivity index (χ0v) is 12.1. The molecule has 0 aliphatic carbocycles. The molecule has 0 saturated heterocycles. The molecule has 0 radical (unpaired) electrons. The lowest BCUT2D eigenvalue weighted by Gasteiger charge is -2.15. The number of benzene rings is 1. The topological polar surface area (TPSA) is 66.4 Å². The van der Waals surface area contributed by atoms with E-state index in [1.54, 1.807) is 18.2 Å². The molecule has 0 spiro atoms. The minimum absolute atomic E-state index is 0.0208. The van der Waals surface area contributed by atoms with Gasteiger partial charge >= 0.3 is 0 Å². The monoisotopic (exact) mass is 271 g/mol. The first-order valence-corrected chi connectivity index (χ1v) is 7.47. The van der Waals surface area contributed by atoms with Gasteiger partial charge in [-0.2, -0.15) is 0 Å². The number of aryl methyl sites for hydroxylation is 2. The van der Waals surface area contributed by atoms with Crippen LogP contribution in [0, 0.1) is 19.8 Å². The van der Waals surface area contributed by atoms with Crippen LogP contribution < -0.4 is 4.72 Å². The number of aliphatic hydroxyl groups is 1. The van der Waals surface area contributed by atoms with Gasteiger partial charge in [0.05, 0.1) is 11.0 Å². The van der Waals surface area contributed by atoms with E-state index in [-0.39, 0.29) is 17.4 Å². The molecule has 2 N–H and O–H groups in total. The van der Waals surface area contributed by atoms with Crippen LogP contribution in [-0.4, -0.2) is 26.2 Å². The van der Waals surface area contributed by atoms with E-state index in [0.717, 1.165) is 11.1 Å². The molecule has 1 unspecified atom stereocenters. The lowest BCUT2D eigenvalue weighted by molar-refractivity contribution is 0.129. The Hall–Kier alpha value is -0.910. The second-order valence-corrected chi connectivity index (χ2v) is 6.68. The van der Waals surface area contributed by atoms with Crippen LogP contribution in [0.5, 0.6) is 0 Å². The zero-order valence-electron chi connectivity index (χ0n) is 11.3. The second kappa shape index (κ2) is 5.82. The van der Waals surface area contributed by atoms with Crippen LogP contribution >= 0.6 is 0 Å². The van der Waals surface area contributed by atoms with E-state index in [1.807, 2.05) is 27.7 Å². The summed E-state index contributed by atoms with van der Waals surface area (Å²) in [5.74, 6) is 0.0208. The summed E-state index contributed by atoms with van der Waals surface area (Å²) in [7, 11) is -3.54. The number of hydrogen-bond acceptors (Lipinski definition) is 3. The normalized spacial score (nSPS) is 13.9. The summed E-state index contributed by atoms with van der Waals surface area (Å²) in [5.41, 5.74) is 1.98. The molecule has 0 amide bonds. The highest BCUT2D eigenvalue weighted by atomic mass is 32.2. The van der Waals surface area contributed by atoms with Gasteiger partial charge < -0.3 is 5.11 Å². The molecular weight excluding hydrogens is 250 g/mol. The van der Waals surface area contributed by atoms with Crippen molar-refractivity contribution in [2.45, 2.75) is 38.7 Å². The van der Waals surface area contributed by atoms with Crippen molar-refractivity contribution in [2.24, 2.45) is 5.92 Å². The van der Waals surface area contributed by atoms with E-state index in [2.05, 4.69) is 4.72 Å². The fourth-order valence-electron chi connectivity index (χ4n) is 1.40. The second-order valence-electron chi connectivity index (χ2n) is 4.91. The summed E-state index contributed by atoms with van der Waals surface area (Å²) in [6.07, 6.45) is -0.675. The molecule has 102 valence electrons. The molecule has 18 heavy (non-hydrogen) atoms. The Morgan fingerprint density at radius 3 is 2.33 bits per heavy atom. The third-order valence-electron chi connectivity index (χ3n) is 3.04. The molecule has 1 atom stereocenters. The molecule has 5 heteroatoms. The fourth-order valence-corrected chi connectivity index (χ4v) is 2.53. The summed E-state index contributed by atoms with van der Waals surface area (Å²) in [5, 5.41) is 9.61. The van der Waals surface area contributed by atoms with Crippen molar-refractivity contribution >= 4 is 10.0 Å². The van der Waals surface area contributed by atoms with E-state index < -0.39 is 16.1 Å². The highest BCUT2D eigenvalue weighted by Crippen LogP contribution is 2.14. The minimum Gasteiger partial charge on any atom is -0.391 e. The van der Waals surface area contributed by atoms with Crippen LogP contribution in [0.3, 0.4) is 0 Å². The largest absolute Gasteiger partial charge is 0.391 e. The number of rotatable bonds is 5. The summed E-state index contributed by atoms with van der Waals surface area (Å²) in [4.78, 5) is 0.238. The molecule has 1 aromatic carbocycles. The number of nitrogens with one attached hydrogen (secondary N) is 1. The average molecular weight is 271 g/mol. The standard InChI is InChI=1S/C13H21NO3S/c1-9(2)13(15)8-14-18(16,17)12-6-5-10(3)11(4)7-12/h5-7,9,13-15H,8H2,1-4H3.